The Morgan fingerprint density at radius 3 is 2.31 bits per heavy atom. The molecule has 0 spiro atoms. The Labute approximate surface area is 232 Å². The molecule has 0 saturated heterocycles. The smallest absolute Gasteiger partial charge is 0.271 e. The first-order valence-electron chi connectivity index (χ1n) is 13.7. The van der Waals surface area contributed by atoms with Gasteiger partial charge in [0.2, 0.25) is 0 Å². The van der Waals surface area contributed by atoms with Crippen LogP contribution in [0.3, 0.4) is 0 Å². The second-order valence-electron chi connectivity index (χ2n) is 9.09. The molecule has 3 aromatic rings. The van der Waals surface area contributed by atoms with Crippen LogP contribution in [-0.2, 0) is 6.61 Å². The standard InChI is InChI=1S/C32H40N2O5/c1-4-6-7-8-9-13-20-38-29-18-16-26(21-31(29)37-5-2)23-33-34-32(35)27-17-19-28(30(22-27)36-3)39-24-25-14-11-10-12-15-25/h10-12,14-19,21-23H,4-9,13,20,24H2,1-3H3,(H,34,35)/b33-23+. The van der Waals surface area contributed by atoms with Gasteiger partial charge in [-0.2, -0.15) is 5.10 Å². The first-order chi connectivity index (χ1) is 19.1. The lowest BCUT2D eigenvalue weighted by atomic mass is 10.1. The minimum atomic E-state index is -0.358. The largest absolute Gasteiger partial charge is 0.493 e. The molecule has 39 heavy (non-hydrogen) atoms. The van der Waals surface area contributed by atoms with E-state index < -0.39 is 0 Å². The van der Waals surface area contributed by atoms with Crippen LogP contribution in [-0.4, -0.2) is 32.4 Å². The molecule has 7 nitrogen and oxygen atoms in total. The van der Waals surface area contributed by atoms with Crippen molar-refractivity contribution in [2.75, 3.05) is 20.3 Å². The van der Waals surface area contributed by atoms with E-state index in [2.05, 4.69) is 17.5 Å². The van der Waals surface area contributed by atoms with Crippen molar-refractivity contribution >= 4 is 12.1 Å². The average molecular weight is 533 g/mol. The zero-order valence-electron chi connectivity index (χ0n) is 23.3. The SMILES string of the molecule is CCCCCCCCOc1ccc(/C=N/NC(=O)c2ccc(OCc3ccccc3)c(OC)c2)cc1OCC. The molecule has 0 radical (unpaired) electrons. The van der Waals surface area contributed by atoms with Gasteiger partial charge in [0.25, 0.3) is 5.91 Å². The summed E-state index contributed by atoms with van der Waals surface area (Å²) in [5, 5.41) is 4.12. The third-order valence-corrected chi connectivity index (χ3v) is 6.07. The summed E-state index contributed by atoms with van der Waals surface area (Å²) in [6.07, 6.45) is 8.85. The third kappa shape index (κ3) is 10.0. The van der Waals surface area contributed by atoms with Gasteiger partial charge in [-0.3, -0.25) is 4.79 Å². The Bertz CT molecular complexity index is 1180. The number of carbonyl (C=O) groups is 1. The maximum Gasteiger partial charge on any atom is 0.271 e. The van der Waals surface area contributed by atoms with Crippen molar-refractivity contribution in [3.8, 4) is 23.0 Å². The van der Waals surface area contributed by atoms with E-state index in [9.17, 15) is 4.79 Å². The Hall–Kier alpha value is -4.00. The Morgan fingerprint density at radius 2 is 1.54 bits per heavy atom. The van der Waals surface area contributed by atoms with E-state index in [-0.39, 0.29) is 5.91 Å². The van der Waals surface area contributed by atoms with E-state index >= 15 is 0 Å². The number of amides is 1. The van der Waals surface area contributed by atoms with Gasteiger partial charge in [0.15, 0.2) is 23.0 Å². The van der Waals surface area contributed by atoms with Gasteiger partial charge in [-0.15, -0.1) is 0 Å². The van der Waals surface area contributed by atoms with Gasteiger partial charge in [0.1, 0.15) is 6.61 Å². The fraction of sp³-hybridized carbons (Fsp3) is 0.375. The zero-order valence-corrected chi connectivity index (χ0v) is 23.3. The van der Waals surface area contributed by atoms with Crippen LogP contribution >= 0.6 is 0 Å². The van der Waals surface area contributed by atoms with Crippen LogP contribution < -0.4 is 24.4 Å². The monoisotopic (exact) mass is 532 g/mol. The molecule has 0 bridgehead atoms. The summed E-state index contributed by atoms with van der Waals surface area (Å²) in [6.45, 7) is 5.75. The second-order valence-corrected chi connectivity index (χ2v) is 9.09. The van der Waals surface area contributed by atoms with Crippen molar-refractivity contribution < 1.29 is 23.7 Å². The van der Waals surface area contributed by atoms with Crippen molar-refractivity contribution in [3.05, 3.63) is 83.4 Å². The molecule has 0 aliphatic carbocycles. The number of methoxy groups -OCH3 is 1. The molecule has 1 amide bonds. The molecule has 0 aliphatic heterocycles. The molecule has 0 heterocycles. The molecule has 0 aliphatic rings. The van der Waals surface area contributed by atoms with Crippen LogP contribution in [0.5, 0.6) is 23.0 Å². The van der Waals surface area contributed by atoms with Crippen LogP contribution in [0, 0.1) is 0 Å². The molecule has 1 N–H and O–H groups in total. The van der Waals surface area contributed by atoms with Gasteiger partial charge in [0.05, 0.1) is 26.5 Å². The lowest BCUT2D eigenvalue weighted by Gasteiger charge is -2.12. The fourth-order valence-electron chi connectivity index (χ4n) is 3.95. The second kappa shape index (κ2) is 16.8. The summed E-state index contributed by atoms with van der Waals surface area (Å²) >= 11 is 0. The van der Waals surface area contributed by atoms with E-state index in [0.717, 1.165) is 17.5 Å². The van der Waals surface area contributed by atoms with Crippen molar-refractivity contribution in [1.29, 1.82) is 0 Å². The summed E-state index contributed by atoms with van der Waals surface area (Å²) < 4.78 is 23.0. The van der Waals surface area contributed by atoms with E-state index in [1.807, 2.05) is 55.5 Å². The molecule has 0 unspecified atom stereocenters. The van der Waals surface area contributed by atoms with Gasteiger partial charge >= 0.3 is 0 Å². The third-order valence-electron chi connectivity index (χ3n) is 6.07. The highest BCUT2D eigenvalue weighted by Gasteiger charge is 2.11. The highest BCUT2D eigenvalue weighted by molar-refractivity contribution is 5.95. The topological polar surface area (TPSA) is 78.4 Å². The lowest BCUT2D eigenvalue weighted by molar-refractivity contribution is 0.0954. The molecule has 0 aromatic heterocycles. The van der Waals surface area contributed by atoms with Crippen molar-refractivity contribution in [2.24, 2.45) is 5.10 Å². The molecule has 208 valence electrons. The molecule has 0 fully saturated rings. The predicted octanol–water partition coefficient (Wildman–Crippen LogP) is 7.18. The van der Waals surface area contributed by atoms with Crippen molar-refractivity contribution in [3.63, 3.8) is 0 Å². The van der Waals surface area contributed by atoms with Crippen LogP contribution in [0.25, 0.3) is 0 Å². The van der Waals surface area contributed by atoms with E-state index in [4.69, 9.17) is 18.9 Å². The highest BCUT2D eigenvalue weighted by atomic mass is 16.5. The molecular weight excluding hydrogens is 492 g/mol. The Kier molecular flexibility index (Phi) is 12.7. The summed E-state index contributed by atoms with van der Waals surface area (Å²) in [4.78, 5) is 12.7. The summed E-state index contributed by atoms with van der Waals surface area (Å²) in [7, 11) is 1.54. The van der Waals surface area contributed by atoms with Crippen LogP contribution in [0.2, 0.25) is 0 Å². The predicted molar refractivity (Wildman–Crippen MR) is 155 cm³/mol. The minimum absolute atomic E-state index is 0.358. The summed E-state index contributed by atoms with van der Waals surface area (Å²) in [6, 6.07) is 20.5. The number of unbranched alkanes of at least 4 members (excludes halogenated alkanes) is 5. The van der Waals surface area contributed by atoms with Gasteiger partial charge in [-0.05, 0) is 60.9 Å². The summed E-state index contributed by atoms with van der Waals surface area (Å²) in [5.74, 6) is 2.05. The van der Waals surface area contributed by atoms with Gasteiger partial charge in [0, 0.05) is 5.56 Å². The van der Waals surface area contributed by atoms with E-state index in [0.29, 0.717) is 48.4 Å². The number of benzene rings is 3. The number of hydrazone groups is 1. The molecule has 0 saturated carbocycles. The molecular formula is C32H40N2O5. The first-order valence-corrected chi connectivity index (χ1v) is 13.7. The number of hydrogen-bond acceptors (Lipinski definition) is 6. The normalized spacial score (nSPS) is 10.8. The maximum absolute atomic E-state index is 12.7. The number of rotatable bonds is 17. The van der Waals surface area contributed by atoms with Crippen LogP contribution in [0.15, 0.2) is 71.8 Å². The van der Waals surface area contributed by atoms with E-state index in [1.165, 1.54) is 32.1 Å². The van der Waals surface area contributed by atoms with Gasteiger partial charge in [-0.1, -0.05) is 69.4 Å². The zero-order chi connectivity index (χ0) is 27.7. The molecule has 7 heteroatoms. The number of carbonyl (C=O) groups excluding carboxylic acids is 1. The number of nitrogens with one attached hydrogen (secondary N) is 1. The molecule has 0 atom stereocenters. The lowest BCUT2D eigenvalue weighted by Crippen LogP contribution is -2.17. The molecule has 3 rings (SSSR count). The maximum atomic E-state index is 12.7. The van der Waals surface area contributed by atoms with Gasteiger partial charge < -0.3 is 18.9 Å². The van der Waals surface area contributed by atoms with E-state index in [1.54, 1.807) is 31.5 Å². The fourth-order valence-corrected chi connectivity index (χ4v) is 3.95. The number of nitrogens with zero attached hydrogens (tertiary/aromatic N) is 1. The quantitative estimate of drug-likeness (QED) is 0.113. The van der Waals surface area contributed by atoms with Gasteiger partial charge in [-0.25, -0.2) is 5.43 Å². The number of hydrogen-bond donors (Lipinski definition) is 1. The van der Waals surface area contributed by atoms with Crippen LogP contribution in [0.1, 0.15) is 73.9 Å². The van der Waals surface area contributed by atoms with Crippen molar-refractivity contribution in [1.82, 2.24) is 5.43 Å². The van der Waals surface area contributed by atoms with Crippen LogP contribution in [0.4, 0.5) is 0 Å². The summed E-state index contributed by atoms with van der Waals surface area (Å²) in [5.41, 5.74) is 4.80. The number of ether oxygens (including phenoxy) is 4. The molecule has 3 aromatic carbocycles. The highest BCUT2D eigenvalue weighted by Crippen LogP contribution is 2.30. The Balaban J connectivity index is 1.54. The average Bonchev–Trinajstić information content (AvgIpc) is 2.97. The first kappa shape index (κ1) is 29.6. The van der Waals surface area contributed by atoms with Crippen molar-refractivity contribution in [2.45, 2.75) is 59.0 Å². The Morgan fingerprint density at radius 1 is 0.795 bits per heavy atom. The minimum Gasteiger partial charge on any atom is -0.493 e.